The van der Waals surface area contributed by atoms with Crippen LogP contribution in [0.3, 0.4) is 0 Å². The fraction of sp³-hybridized carbons (Fsp3) is 0.333. The van der Waals surface area contributed by atoms with Crippen molar-refractivity contribution in [2.75, 3.05) is 0 Å². The fourth-order valence-electron chi connectivity index (χ4n) is 4.15. The molecule has 1 amide bonds. The number of hydrogen-bond acceptors (Lipinski definition) is 5. The number of phenols is 1. The summed E-state index contributed by atoms with van der Waals surface area (Å²) in [6, 6.07) is 6.77. The minimum absolute atomic E-state index is 0.0210. The minimum atomic E-state index is -0.786. The maximum Gasteiger partial charge on any atom is 0.290 e. The summed E-state index contributed by atoms with van der Waals surface area (Å²) >= 11 is 6.09. The third kappa shape index (κ3) is 3.07. The molecule has 2 N–H and O–H groups in total. The molecule has 146 valence electrons. The van der Waals surface area contributed by atoms with Gasteiger partial charge in [-0.3, -0.25) is 9.59 Å². The van der Waals surface area contributed by atoms with Crippen molar-refractivity contribution in [1.82, 2.24) is 4.90 Å². The average Bonchev–Trinajstić information content (AvgIpc) is 3.32. The fourth-order valence-corrected chi connectivity index (χ4v) is 4.34. The van der Waals surface area contributed by atoms with Crippen molar-refractivity contribution >= 4 is 23.3 Å². The molecule has 2 heterocycles. The molecule has 1 atom stereocenters. The first kappa shape index (κ1) is 18.6. The molecule has 1 unspecified atom stereocenters. The standard InChI is InChI=1S/C21H20ClNO5/c22-14-11-12(8-9-15(14)24)18-17(19(25)16-7-4-10-28-16)20(26)21(27)23(18)13-5-2-1-3-6-13/h4,7-11,13,18,24,26H,1-3,5-6H2. The number of hydrogen-bond donors (Lipinski definition) is 2. The molecule has 1 aromatic carbocycles. The van der Waals surface area contributed by atoms with E-state index in [1.165, 1.54) is 24.5 Å². The molecule has 4 rings (SSSR count). The van der Waals surface area contributed by atoms with Crippen LogP contribution in [0.1, 0.15) is 54.3 Å². The van der Waals surface area contributed by atoms with Gasteiger partial charge in [0.05, 0.1) is 22.9 Å². The highest BCUT2D eigenvalue weighted by Crippen LogP contribution is 2.44. The van der Waals surface area contributed by atoms with Crippen LogP contribution in [-0.2, 0) is 4.79 Å². The summed E-state index contributed by atoms with van der Waals surface area (Å²) in [7, 11) is 0. The molecular formula is C21H20ClNO5. The Balaban J connectivity index is 1.83. The van der Waals surface area contributed by atoms with Crippen molar-refractivity contribution in [1.29, 1.82) is 0 Å². The number of aliphatic hydroxyl groups excluding tert-OH is 1. The second-order valence-corrected chi connectivity index (χ2v) is 7.59. The van der Waals surface area contributed by atoms with Gasteiger partial charge in [0.1, 0.15) is 5.75 Å². The molecule has 6 nitrogen and oxygen atoms in total. The Kier molecular flexibility index (Phi) is 4.89. The van der Waals surface area contributed by atoms with E-state index in [1.807, 2.05) is 0 Å². The Labute approximate surface area is 167 Å². The van der Waals surface area contributed by atoms with Crippen LogP contribution >= 0.6 is 11.6 Å². The predicted octanol–water partition coefficient (Wildman–Crippen LogP) is 4.55. The number of benzene rings is 1. The van der Waals surface area contributed by atoms with Gasteiger partial charge in [0.25, 0.3) is 5.91 Å². The van der Waals surface area contributed by atoms with Crippen LogP contribution in [0, 0.1) is 0 Å². The molecule has 7 heteroatoms. The topological polar surface area (TPSA) is 91.0 Å². The van der Waals surface area contributed by atoms with E-state index in [0.717, 1.165) is 32.1 Å². The van der Waals surface area contributed by atoms with Gasteiger partial charge in [-0.15, -0.1) is 0 Å². The Morgan fingerprint density at radius 1 is 1.14 bits per heavy atom. The Morgan fingerprint density at radius 3 is 2.54 bits per heavy atom. The van der Waals surface area contributed by atoms with Gasteiger partial charge in [0.2, 0.25) is 5.78 Å². The number of furan rings is 1. The zero-order valence-electron chi connectivity index (χ0n) is 15.1. The molecule has 1 saturated carbocycles. The first-order valence-corrected chi connectivity index (χ1v) is 9.69. The normalized spacial score (nSPS) is 20.8. The monoisotopic (exact) mass is 401 g/mol. The van der Waals surface area contributed by atoms with Gasteiger partial charge in [0, 0.05) is 6.04 Å². The molecular weight excluding hydrogens is 382 g/mol. The van der Waals surface area contributed by atoms with Crippen LogP contribution in [-0.4, -0.2) is 32.8 Å². The lowest BCUT2D eigenvalue weighted by Crippen LogP contribution is -2.41. The van der Waals surface area contributed by atoms with E-state index in [1.54, 1.807) is 17.0 Å². The van der Waals surface area contributed by atoms with Crippen LogP contribution in [0.5, 0.6) is 5.75 Å². The first-order chi connectivity index (χ1) is 13.5. The molecule has 0 saturated heterocycles. The van der Waals surface area contributed by atoms with E-state index in [9.17, 15) is 19.8 Å². The number of aliphatic hydroxyl groups is 1. The maximum absolute atomic E-state index is 13.1. The van der Waals surface area contributed by atoms with E-state index < -0.39 is 23.5 Å². The van der Waals surface area contributed by atoms with Crippen molar-refractivity contribution in [3.63, 3.8) is 0 Å². The van der Waals surface area contributed by atoms with Gasteiger partial charge in [-0.05, 0) is 42.7 Å². The molecule has 0 bridgehead atoms. The van der Waals surface area contributed by atoms with E-state index >= 15 is 0 Å². The van der Waals surface area contributed by atoms with E-state index in [-0.39, 0.29) is 28.1 Å². The number of halogens is 1. The largest absolute Gasteiger partial charge is 0.506 e. The van der Waals surface area contributed by atoms with Crippen molar-refractivity contribution in [2.24, 2.45) is 0 Å². The van der Waals surface area contributed by atoms with Gasteiger partial charge in [-0.2, -0.15) is 0 Å². The number of phenolic OH excluding ortho intramolecular Hbond substituents is 1. The van der Waals surface area contributed by atoms with Crippen LogP contribution in [0.15, 0.2) is 52.3 Å². The summed E-state index contributed by atoms with van der Waals surface area (Å²) < 4.78 is 5.21. The van der Waals surface area contributed by atoms with Gasteiger partial charge in [0.15, 0.2) is 11.5 Å². The molecule has 2 aromatic rings. The zero-order valence-corrected chi connectivity index (χ0v) is 15.9. The molecule has 2 aliphatic rings. The van der Waals surface area contributed by atoms with Crippen LogP contribution in [0.2, 0.25) is 5.02 Å². The number of carbonyl (C=O) groups is 2. The molecule has 1 aromatic heterocycles. The highest BCUT2D eigenvalue weighted by atomic mass is 35.5. The van der Waals surface area contributed by atoms with Gasteiger partial charge in [-0.1, -0.05) is 36.9 Å². The number of rotatable bonds is 4. The van der Waals surface area contributed by atoms with E-state index in [0.29, 0.717) is 5.56 Å². The van der Waals surface area contributed by atoms with Crippen LogP contribution < -0.4 is 0 Å². The number of nitrogens with zero attached hydrogens (tertiary/aromatic N) is 1. The molecule has 28 heavy (non-hydrogen) atoms. The minimum Gasteiger partial charge on any atom is -0.506 e. The summed E-state index contributed by atoms with van der Waals surface area (Å²) in [4.78, 5) is 27.6. The molecule has 0 radical (unpaired) electrons. The maximum atomic E-state index is 13.1. The average molecular weight is 402 g/mol. The molecule has 1 aliphatic heterocycles. The van der Waals surface area contributed by atoms with Gasteiger partial charge < -0.3 is 19.5 Å². The SMILES string of the molecule is O=C(C1=C(O)C(=O)N(C2CCCCC2)C1c1ccc(O)c(Cl)c1)c1ccco1. The summed E-state index contributed by atoms with van der Waals surface area (Å²) in [6.45, 7) is 0. The first-order valence-electron chi connectivity index (χ1n) is 9.31. The lowest BCUT2D eigenvalue weighted by atomic mass is 9.90. The zero-order chi connectivity index (χ0) is 19.8. The third-order valence-electron chi connectivity index (χ3n) is 5.49. The number of aromatic hydroxyl groups is 1. The number of amides is 1. The quantitative estimate of drug-likeness (QED) is 0.733. The summed E-state index contributed by atoms with van der Waals surface area (Å²) in [6.07, 6.45) is 6.06. The second-order valence-electron chi connectivity index (χ2n) is 7.19. The Hall–Kier alpha value is -2.73. The predicted molar refractivity (Wildman–Crippen MR) is 102 cm³/mol. The van der Waals surface area contributed by atoms with Gasteiger partial charge >= 0.3 is 0 Å². The second kappa shape index (κ2) is 7.36. The van der Waals surface area contributed by atoms with Crippen molar-refractivity contribution in [2.45, 2.75) is 44.2 Å². The Bertz CT molecular complexity index is 944. The lowest BCUT2D eigenvalue weighted by molar-refractivity contribution is -0.132. The van der Waals surface area contributed by atoms with E-state index in [4.69, 9.17) is 16.0 Å². The molecule has 1 aliphatic carbocycles. The highest BCUT2D eigenvalue weighted by Gasteiger charge is 2.47. The van der Waals surface area contributed by atoms with E-state index in [2.05, 4.69) is 0 Å². The molecule has 0 spiro atoms. The smallest absolute Gasteiger partial charge is 0.290 e. The third-order valence-corrected chi connectivity index (χ3v) is 5.79. The van der Waals surface area contributed by atoms with Crippen molar-refractivity contribution < 1.29 is 24.2 Å². The van der Waals surface area contributed by atoms with Crippen molar-refractivity contribution in [3.8, 4) is 5.75 Å². The van der Waals surface area contributed by atoms with Gasteiger partial charge in [-0.25, -0.2) is 0 Å². The molecule has 1 fully saturated rings. The number of carbonyl (C=O) groups excluding carboxylic acids is 2. The highest BCUT2D eigenvalue weighted by molar-refractivity contribution is 6.32. The summed E-state index contributed by atoms with van der Waals surface area (Å²) in [5, 5.41) is 20.5. The van der Waals surface area contributed by atoms with Crippen LogP contribution in [0.4, 0.5) is 0 Å². The van der Waals surface area contributed by atoms with Crippen molar-refractivity contribution in [3.05, 3.63) is 64.3 Å². The number of ketones is 1. The van der Waals surface area contributed by atoms with Crippen LogP contribution in [0.25, 0.3) is 0 Å². The lowest BCUT2D eigenvalue weighted by Gasteiger charge is -2.36. The summed E-state index contributed by atoms with van der Waals surface area (Å²) in [5.41, 5.74) is 0.535. The summed E-state index contributed by atoms with van der Waals surface area (Å²) in [5.74, 6) is -1.69. The number of Topliss-reactive ketones (excluding diaryl/α,β-unsaturated/α-hetero) is 1. The Morgan fingerprint density at radius 2 is 1.89 bits per heavy atom.